The van der Waals surface area contributed by atoms with E-state index in [9.17, 15) is 18.0 Å². The van der Waals surface area contributed by atoms with Gasteiger partial charge in [0.1, 0.15) is 12.6 Å². The number of halogens is 3. The zero-order chi connectivity index (χ0) is 32.7. The van der Waals surface area contributed by atoms with Crippen LogP contribution in [0.4, 0.5) is 5.69 Å². The van der Waals surface area contributed by atoms with E-state index in [0.29, 0.717) is 20.6 Å². The van der Waals surface area contributed by atoms with E-state index in [4.69, 9.17) is 34.8 Å². The molecule has 2 amide bonds. The minimum atomic E-state index is -4.25. The lowest BCUT2D eigenvalue weighted by Gasteiger charge is -2.34. The fraction of sp³-hybridized carbons (Fsp3) is 0.235. The summed E-state index contributed by atoms with van der Waals surface area (Å²) >= 11 is 19.1. The number of aryl methyl sites for hydroxylation is 1. The maximum Gasteiger partial charge on any atom is 0.264 e. The molecule has 0 heterocycles. The second-order valence-corrected chi connectivity index (χ2v) is 14.0. The Kier molecular flexibility index (Phi) is 11.6. The first-order chi connectivity index (χ1) is 21.4. The molecule has 0 spiro atoms. The predicted molar refractivity (Wildman–Crippen MR) is 181 cm³/mol. The van der Waals surface area contributed by atoms with E-state index in [0.717, 1.165) is 15.4 Å². The first kappa shape index (κ1) is 34.3. The summed E-state index contributed by atoms with van der Waals surface area (Å²) in [5.74, 6) is -1.02. The number of nitrogens with zero attached hydrogens (tertiary/aromatic N) is 2. The Morgan fingerprint density at radius 1 is 0.800 bits per heavy atom. The minimum Gasteiger partial charge on any atom is -0.352 e. The molecule has 7 nitrogen and oxygen atoms in total. The molecule has 4 aromatic carbocycles. The van der Waals surface area contributed by atoms with Gasteiger partial charge in [-0.3, -0.25) is 13.9 Å². The number of anilines is 1. The van der Waals surface area contributed by atoms with Crippen LogP contribution in [0.1, 0.15) is 30.5 Å². The van der Waals surface area contributed by atoms with Crippen LogP contribution in [0.5, 0.6) is 0 Å². The van der Waals surface area contributed by atoms with Gasteiger partial charge in [0.05, 0.1) is 10.6 Å². The molecule has 0 saturated heterocycles. The average molecular weight is 687 g/mol. The summed E-state index contributed by atoms with van der Waals surface area (Å²) in [4.78, 5) is 29.6. The second kappa shape index (κ2) is 15.1. The summed E-state index contributed by atoms with van der Waals surface area (Å²) in [7, 11) is -4.25. The van der Waals surface area contributed by atoms with Gasteiger partial charge in [-0.1, -0.05) is 88.9 Å². The normalized spacial score (nSPS) is 12.1. The molecular weight excluding hydrogens is 653 g/mol. The molecule has 0 unspecified atom stereocenters. The van der Waals surface area contributed by atoms with Crippen molar-refractivity contribution in [2.75, 3.05) is 10.8 Å². The number of benzene rings is 4. The highest BCUT2D eigenvalue weighted by Crippen LogP contribution is 2.29. The third kappa shape index (κ3) is 8.79. The summed E-state index contributed by atoms with van der Waals surface area (Å²) < 4.78 is 29.2. The fourth-order valence-corrected chi connectivity index (χ4v) is 6.82. The molecule has 4 aromatic rings. The van der Waals surface area contributed by atoms with Crippen molar-refractivity contribution in [1.29, 1.82) is 0 Å². The summed E-state index contributed by atoms with van der Waals surface area (Å²) in [6, 6.07) is 25.6. The highest BCUT2D eigenvalue weighted by Gasteiger charge is 2.35. The predicted octanol–water partition coefficient (Wildman–Crippen LogP) is 7.32. The number of nitrogens with one attached hydrogen (secondary N) is 1. The largest absolute Gasteiger partial charge is 0.352 e. The number of hydrogen-bond acceptors (Lipinski definition) is 4. The van der Waals surface area contributed by atoms with Crippen LogP contribution in [0.2, 0.25) is 15.1 Å². The smallest absolute Gasteiger partial charge is 0.264 e. The third-order valence-electron chi connectivity index (χ3n) is 7.09. The van der Waals surface area contributed by atoms with Crippen molar-refractivity contribution in [3.8, 4) is 0 Å². The second-order valence-electron chi connectivity index (χ2n) is 10.9. The van der Waals surface area contributed by atoms with E-state index in [-0.39, 0.29) is 29.6 Å². The average Bonchev–Trinajstić information content (AvgIpc) is 2.99. The van der Waals surface area contributed by atoms with E-state index < -0.39 is 34.4 Å². The molecule has 0 aliphatic carbocycles. The Morgan fingerprint density at radius 2 is 1.40 bits per heavy atom. The van der Waals surface area contributed by atoms with Crippen LogP contribution in [0.15, 0.2) is 102 Å². The molecule has 1 N–H and O–H groups in total. The van der Waals surface area contributed by atoms with E-state index in [1.807, 2.05) is 51.1 Å². The van der Waals surface area contributed by atoms with E-state index in [1.54, 1.807) is 42.5 Å². The van der Waals surface area contributed by atoms with Gasteiger partial charge in [0.2, 0.25) is 11.8 Å². The van der Waals surface area contributed by atoms with Crippen LogP contribution < -0.4 is 9.62 Å². The minimum absolute atomic E-state index is 0.0423. The zero-order valence-electron chi connectivity index (χ0n) is 25.1. The highest BCUT2D eigenvalue weighted by molar-refractivity contribution is 7.92. The molecule has 45 heavy (non-hydrogen) atoms. The third-order valence-corrected chi connectivity index (χ3v) is 9.84. The van der Waals surface area contributed by atoms with Gasteiger partial charge in [0.15, 0.2) is 0 Å². The van der Waals surface area contributed by atoms with Gasteiger partial charge in [-0.05, 0) is 74.9 Å². The quantitative estimate of drug-likeness (QED) is 0.169. The standard InChI is InChI=1S/C34H34Cl3N3O4S/c1-23(2)38-34(42)32(20-25-8-5-4-6-9-25)39(21-29-30(36)10-7-11-31(29)37)33(41)22-40(27-16-12-24(3)13-17-27)45(43,44)28-18-14-26(35)15-19-28/h4-19,23,32H,20-22H2,1-3H3,(H,38,42)/t32-/m0/s1. The number of sulfonamides is 1. The van der Waals surface area contributed by atoms with Gasteiger partial charge in [0.25, 0.3) is 10.0 Å². The fourth-order valence-electron chi connectivity index (χ4n) is 4.76. The van der Waals surface area contributed by atoms with Crippen molar-refractivity contribution in [2.24, 2.45) is 0 Å². The topological polar surface area (TPSA) is 86.8 Å². The molecule has 0 aliphatic heterocycles. The number of rotatable bonds is 12. The maximum atomic E-state index is 14.5. The lowest BCUT2D eigenvalue weighted by Crippen LogP contribution is -2.54. The summed E-state index contributed by atoms with van der Waals surface area (Å²) in [5.41, 5.74) is 2.45. The lowest BCUT2D eigenvalue weighted by atomic mass is 10.0. The Balaban J connectivity index is 1.83. The number of hydrogen-bond donors (Lipinski definition) is 1. The van der Waals surface area contributed by atoms with Crippen molar-refractivity contribution in [2.45, 2.75) is 50.7 Å². The number of carbonyl (C=O) groups is 2. The molecule has 4 rings (SSSR count). The molecule has 0 aliphatic rings. The highest BCUT2D eigenvalue weighted by atomic mass is 35.5. The molecule has 11 heteroatoms. The van der Waals surface area contributed by atoms with Crippen LogP contribution in [-0.4, -0.2) is 43.8 Å². The lowest BCUT2D eigenvalue weighted by molar-refractivity contribution is -0.140. The zero-order valence-corrected chi connectivity index (χ0v) is 28.2. The number of amides is 2. The molecule has 0 aromatic heterocycles. The van der Waals surface area contributed by atoms with Gasteiger partial charge in [-0.25, -0.2) is 8.42 Å². The van der Waals surface area contributed by atoms with Crippen LogP contribution in [0, 0.1) is 6.92 Å². The molecular formula is C34H34Cl3N3O4S. The van der Waals surface area contributed by atoms with Crippen LogP contribution in [-0.2, 0) is 32.6 Å². The molecule has 0 radical (unpaired) electrons. The molecule has 0 saturated carbocycles. The van der Waals surface area contributed by atoms with E-state index >= 15 is 0 Å². The van der Waals surface area contributed by atoms with Gasteiger partial charge in [-0.2, -0.15) is 0 Å². The molecule has 0 fully saturated rings. The Labute approximate surface area is 279 Å². The summed E-state index contributed by atoms with van der Waals surface area (Å²) in [6.45, 7) is 4.79. The van der Waals surface area contributed by atoms with Crippen molar-refractivity contribution in [1.82, 2.24) is 10.2 Å². The van der Waals surface area contributed by atoms with Crippen LogP contribution in [0.3, 0.4) is 0 Å². The summed E-state index contributed by atoms with van der Waals surface area (Å²) in [5, 5.41) is 3.92. The maximum absolute atomic E-state index is 14.5. The SMILES string of the molecule is Cc1ccc(N(CC(=O)N(Cc2c(Cl)cccc2Cl)[C@@H](Cc2ccccc2)C(=O)NC(C)C)S(=O)(=O)c2ccc(Cl)cc2)cc1. The molecule has 1 atom stereocenters. The van der Waals surface area contributed by atoms with Crippen molar-refractivity contribution >= 4 is 62.3 Å². The van der Waals surface area contributed by atoms with Gasteiger partial charge < -0.3 is 10.2 Å². The van der Waals surface area contributed by atoms with Gasteiger partial charge in [-0.15, -0.1) is 0 Å². The molecule has 236 valence electrons. The van der Waals surface area contributed by atoms with E-state index in [1.165, 1.54) is 29.2 Å². The monoisotopic (exact) mass is 685 g/mol. The molecule has 0 bridgehead atoms. The Hall–Kier alpha value is -3.56. The van der Waals surface area contributed by atoms with Gasteiger partial charge in [0, 0.05) is 39.6 Å². The summed E-state index contributed by atoms with van der Waals surface area (Å²) in [6.07, 6.45) is 0.168. The van der Waals surface area contributed by atoms with Crippen molar-refractivity contribution in [3.63, 3.8) is 0 Å². The van der Waals surface area contributed by atoms with Crippen molar-refractivity contribution in [3.05, 3.63) is 129 Å². The van der Waals surface area contributed by atoms with Crippen molar-refractivity contribution < 1.29 is 18.0 Å². The number of carbonyl (C=O) groups excluding carboxylic acids is 2. The van der Waals surface area contributed by atoms with Crippen LogP contribution >= 0.6 is 34.8 Å². The Morgan fingerprint density at radius 3 is 1.98 bits per heavy atom. The van der Waals surface area contributed by atoms with E-state index in [2.05, 4.69) is 5.32 Å². The Bertz CT molecular complexity index is 1710. The first-order valence-electron chi connectivity index (χ1n) is 14.3. The first-order valence-corrected chi connectivity index (χ1v) is 16.9. The van der Waals surface area contributed by atoms with Gasteiger partial charge >= 0.3 is 0 Å². The van der Waals surface area contributed by atoms with Crippen LogP contribution in [0.25, 0.3) is 0 Å².